The molecule has 1 rings (SSSR count). The minimum Gasteiger partial charge on any atom is -0.480 e. The zero-order valence-corrected chi connectivity index (χ0v) is 12.4. The number of carbonyl (C=O) groups is 2. The molecule has 0 aliphatic rings. The topological polar surface area (TPSA) is 69.6 Å². The second-order valence-corrected chi connectivity index (χ2v) is 5.14. The first kappa shape index (κ1) is 16.4. The summed E-state index contributed by atoms with van der Waals surface area (Å²) in [6.45, 7) is 2.72. The molecule has 0 aliphatic heterocycles. The molecule has 0 spiro atoms. The molecule has 1 aromatic rings. The second kappa shape index (κ2) is 6.65. The Morgan fingerprint density at radius 1 is 1.40 bits per heavy atom. The summed E-state index contributed by atoms with van der Waals surface area (Å²) in [7, 11) is 0. The number of benzene rings is 1. The van der Waals surface area contributed by atoms with Gasteiger partial charge in [0, 0.05) is 16.6 Å². The van der Waals surface area contributed by atoms with Crippen molar-refractivity contribution >= 4 is 33.6 Å². The van der Waals surface area contributed by atoms with Crippen molar-refractivity contribution in [3.05, 3.63) is 28.2 Å². The van der Waals surface area contributed by atoms with E-state index in [4.69, 9.17) is 5.11 Å². The summed E-state index contributed by atoms with van der Waals surface area (Å²) < 4.78 is 26.5. The summed E-state index contributed by atoms with van der Waals surface area (Å²) >= 11 is 2.93. The van der Waals surface area contributed by atoms with Gasteiger partial charge in [0.15, 0.2) is 5.82 Å². The van der Waals surface area contributed by atoms with E-state index < -0.39 is 36.2 Å². The van der Waals surface area contributed by atoms with Crippen LogP contribution in [0.3, 0.4) is 0 Å². The van der Waals surface area contributed by atoms with Gasteiger partial charge in [-0.15, -0.1) is 0 Å². The molecular formula is C12H13BrF2N2O3. The molecule has 0 aliphatic carbocycles. The molecule has 0 saturated heterocycles. The van der Waals surface area contributed by atoms with E-state index in [1.54, 1.807) is 13.8 Å². The number of carboxylic acid groups (broad SMARTS) is 1. The number of nitrogens with zero attached hydrogens (tertiary/aromatic N) is 1. The number of anilines is 1. The van der Waals surface area contributed by atoms with Crippen LogP contribution in [0.4, 0.5) is 19.3 Å². The zero-order chi connectivity index (χ0) is 15.4. The molecule has 5 nitrogen and oxygen atoms in total. The number of nitrogens with one attached hydrogen (secondary N) is 1. The Morgan fingerprint density at radius 2 is 2.00 bits per heavy atom. The van der Waals surface area contributed by atoms with Crippen LogP contribution in [0.1, 0.15) is 13.8 Å². The third-order valence-corrected chi connectivity index (χ3v) is 3.05. The van der Waals surface area contributed by atoms with Gasteiger partial charge in [-0.05, 0) is 35.8 Å². The Labute approximate surface area is 122 Å². The van der Waals surface area contributed by atoms with Gasteiger partial charge in [0.25, 0.3) is 0 Å². The van der Waals surface area contributed by atoms with E-state index in [2.05, 4.69) is 21.2 Å². The lowest BCUT2D eigenvalue weighted by Crippen LogP contribution is -2.43. The van der Waals surface area contributed by atoms with Gasteiger partial charge < -0.3 is 15.3 Å². The summed E-state index contributed by atoms with van der Waals surface area (Å²) in [5, 5.41) is 11.0. The van der Waals surface area contributed by atoms with Crippen molar-refractivity contribution in [2.24, 2.45) is 0 Å². The van der Waals surface area contributed by atoms with Crippen LogP contribution < -0.4 is 5.32 Å². The second-order valence-electron chi connectivity index (χ2n) is 4.29. The molecule has 0 heterocycles. The monoisotopic (exact) mass is 350 g/mol. The number of hydrogen-bond acceptors (Lipinski definition) is 2. The van der Waals surface area contributed by atoms with Crippen LogP contribution in [-0.2, 0) is 4.79 Å². The molecule has 0 aromatic heterocycles. The number of carboxylic acids is 1. The zero-order valence-electron chi connectivity index (χ0n) is 10.8. The van der Waals surface area contributed by atoms with Crippen molar-refractivity contribution in [2.45, 2.75) is 19.9 Å². The average Bonchev–Trinajstić information content (AvgIpc) is 2.29. The summed E-state index contributed by atoms with van der Waals surface area (Å²) in [6, 6.07) is 0.439. The lowest BCUT2D eigenvalue weighted by molar-refractivity contribution is -0.137. The van der Waals surface area contributed by atoms with Gasteiger partial charge in [-0.2, -0.15) is 0 Å². The number of halogens is 3. The predicted molar refractivity (Wildman–Crippen MR) is 72.6 cm³/mol. The number of amides is 2. The third-order valence-electron chi connectivity index (χ3n) is 2.43. The SMILES string of the molecule is CC(C)N(CC(=O)O)C(=O)Nc1c(F)cc(F)cc1Br. The summed E-state index contributed by atoms with van der Waals surface area (Å²) in [5.74, 6) is -2.93. The lowest BCUT2D eigenvalue weighted by atomic mass is 10.3. The Morgan fingerprint density at radius 3 is 2.45 bits per heavy atom. The van der Waals surface area contributed by atoms with Crippen LogP contribution in [-0.4, -0.2) is 34.6 Å². The quantitative estimate of drug-likeness (QED) is 0.876. The highest BCUT2D eigenvalue weighted by atomic mass is 79.9. The van der Waals surface area contributed by atoms with E-state index in [0.717, 1.165) is 11.0 Å². The highest BCUT2D eigenvalue weighted by Crippen LogP contribution is 2.27. The molecule has 0 fully saturated rings. The van der Waals surface area contributed by atoms with E-state index >= 15 is 0 Å². The van der Waals surface area contributed by atoms with Crippen molar-refractivity contribution < 1.29 is 23.5 Å². The van der Waals surface area contributed by atoms with Crippen molar-refractivity contribution in [3.8, 4) is 0 Å². The smallest absolute Gasteiger partial charge is 0.323 e. The molecule has 0 atom stereocenters. The van der Waals surface area contributed by atoms with Gasteiger partial charge in [0.05, 0.1) is 5.69 Å². The van der Waals surface area contributed by atoms with Crippen LogP contribution in [0.15, 0.2) is 16.6 Å². The Balaban J connectivity index is 2.97. The number of aliphatic carboxylic acids is 1. The third kappa shape index (κ3) is 4.16. The molecule has 0 saturated carbocycles. The van der Waals surface area contributed by atoms with Gasteiger partial charge in [-0.25, -0.2) is 13.6 Å². The summed E-state index contributed by atoms with van der Waals surface area (Å²) in [4.78, 5) is 23.7. The molecule has 0 bridgehead atoms. The minimum absolute atomic E-state index is 0.0300. The maximum atomic E-state index is 13.6. The van der Waals surface area contributed by atoms with E-state index in [1.807, 2.05) is 0 Å². The van der Waals surface area contributed by atoms with Gasteiger partial charge in [-0.1, -0.05) is 0 Å². The summed E-state index contributed by atoms with van der Waals surface area (Å²) in [6.07, 6.45) is 0. The molecule has 20 heavy (non-hydrogen) atoms. The van der Waals surface area contributed by atoms with Crippen LogP contribution in [0, 0.1) is 11.6 Å². The maximum absolute atomic E-state index is 13.6. The first-order valence-electron chi connectivity index (χ1n) is 5.66. The van der Waals surface area contributed by atoms with Crippen LogP contribution in [0.2, 0.25) is 0 Å². The molecule has 0 radical (unpaired) electrons. The fourth-order valence-corrected chi connectivity index (χ4v) is 1.98. The van der Waals surface area contributed by atoms with Crippen molar-refractivity contribution in [1.29, 1.82) is 0 Å². The first-order chi connectivity index (χ1) is 9.22. The van der Waals surface area contributed by atoms with E-state index in [0.29, 0.717) is 6.07 Å². The number of hydrogen-bond donors (Lipinski definition) is 2. The van der Waals surface area contributed by atoms with Gasteiger partial charge in [-0.3, -0.25) is 4.79 Å². The standard InChI is InChI=1S/C12H13BrF2N2O3/c1-6(2)17(5-10(18)19)12(20)16-11-8(13)3-7(14)4-9(11)15/h3-4,6H,5H2,1-2H3,(H,16,20)(H,18,19). The normalized spacial score (nSPS) is 10.5. The van der Waals surface area contributed by atoms with Crippen molar-refractivity contribution in [1.82, 2.24) is 4.90 Å². The highest BCUT2D eigenvalue weighted by molar-refractivity contribution is 9.10. The molecule has 2 amide bonds. The Hall–Kier alpha value is -1.70. The number of urea groups is 1. The van der Waals surface area contributed by atoms with E-state index in [-0.39, 0.29) is 10.2 Å². The van der Waals surface area contributed by atoms with Gasteiger partial charge >= 0.3 is 12.0 Å². The van der Waals surface area contributed by atoms with Crippen LogP contribution >= 0.6 is 15.9 Å². The minimum atomic E-state index is -1.19. The largest absolute Gasteiger partial charge is 0.480 e. The van der Waals surface area contributed by atoms with Crippen LogP contribution in [0.25, 0.3) is 0 Å². The fraction of sp³-hybridized carbons (Fsp3) is 0.333. The lowest BCUT2D eigenvalue weighted by Gasteiger charge is -2.25. The average molecular weight is 351 g/mol. The number of carbonyl (C=O) groups excluding carboxylic acids is 1. The molecule has 2 N–H and O–H groups in total. The van der Waals surface area contributed by atoms with Crippen molar-refractivity contribution in [2.75, 3.05) is 11.9 Å². The number of rotatable bonds is 4. The molecule has 110 valence electrons. The predicted octanol–water partition coefficient (Wildman–Crippen LogP) is 3.05. The fourth-order valence-electron chi connectivity index (χ4n) is 1.47. The molecule has 1 aromatic carbocycles. The molecule has 0 unspecified atom stereocenters. The summed E-state index contributed by atoms with van der Waals surface area (Å²) in [5.41, 5.74) is -0.243. The van der Waals surface area contributed by atoms with E-state index in [1.165, 1.54) is 0 Å². The Kier molecular flexibility index (Phi) is 5.43. The maximum Gasteiger partial charge on any atom is 0.323 e. The van der Waals surface area contributed by atoms with E-state index in [9.17, 15) is 18.4 Å². The highest BCUT2D eigenvalue weighted by Gasteiger charge is 2.22. The molecular weight excluding hydrogens is 338 g/mol. The van der Waals surface area contributed by atoms with Gasteiger partial charge in [0.1, 0.15) is 12.4 Å². The van der Waals surface area contributed by atoms with Crippen LogP contribution in [0.5, 0.6) is 0 Å². The van der Waals surface area contributed by atoms with Crippen molar-refractivity contribution in [3.63, 3.8) is 0 Å². The van der Waals surface area contributed by atoms with Gasteiger partial charge in [0.2, 0.25) is 0 Å². The molecule has 8 heteroatoms. The Bertz CT molecular complexity index is 514. The first-order valence-corrected chi connectivity index (χ1v) is 6.45.